The van der Waals surface area contributed by atoms with Crippen LogP contribution >= 0.6 is 0 Å². The second-order valence-corrected chi connectivity index (χ2v) is 6.08. The number of aliphatic hydroxyl groups is 1. The van der Waals surface area contributed by atoms with Crippen LogP contribution in [-0.2, 0) is 4.74 Å². The van der Waals surface area contributed by atoms with E-state index in [0.29, 0.717) is 24.2 Å². The molecule has 1 aliphatic rings. The number of carbonyl (C=O) groups excluding carboxylic acids is 1. The molecule has 1 aromatic carbocycles. The fourth-order valence-electron chi connectivity index (χ4n) is 3.18. The van der Waals surface area contributed by atoms with Crippen molar-refractivity contribution < 1.29 is 14.6 Å². The number of aliphatic hydroxyl groups excluding tert-OH is 1. The molecule has 5 heteroatoms. The summed E-state index contributed by atoms with van der Waals surface area (Å²) >= 11 is 0. The number of nitrogens with zero attached hydrogens (tertiary/aromatic N) is 2. The standard InChI is InChI=1S/C19H22N2O3/c1-13-17(8-9-18(20-13)14-6-4-3-5-7-14)19(23)21-11-16(24-2)10-15(21)12-22/h3-9,15-16,22H,10-12H2,1-2H3/t15-,16+/m0/s1. The van der Waals surface area contributed by atoms with E-state index in [-0.39, 0.29) is 24.7 Å². The zero-order valence-electron chi connectivity index (χ0n) is 14.0. The van der Waals surface area contributed by atoms with E-state index in [2.05, 4.69) is 4.98 Å². The first kappa shape index (κ1) is 16.6. The van der Waals surface area contributed by atoms with Crippen molar-refractivity contribution in [3.05, 3.63) is 53.7 Å². The van der Waals surface area contributed by atoms with Crippen LogP contribution in [-0.4, -0.2) is 53.3 Å². The number of ether oxygens (including phenoxy) is 1. The number of likely N-dealkylation sites (tertiary alicyclic amines) is 1. The molecule has 2 atom stereocenters. The smallest absolute Gasteiger partial charge is 0.256 e. The van der Waals surface area contributed by atoms with Gasteiger partial charge in [0.15, 0.2) is 0 Å². The third-order valence-corrected chi connectivity index (χ3v) is 4.57. The number of aryl methyl sites for hydroxylation is 1. The third-order valence-electron chi connectivity index (χ3n) is 4.57. The fraction of sp³-hybridized carbons (Fsp3) is 0.368. The Morgan fingerprint density at radius 1 is 1.29 bits per heavy atom. The van der Waals surface area contributed by atoms with Gasteiger partial charge in [-0.1, -0.05) is 30.3 Å². The molecule has 2 aromatic rings. The summed E-state index contributed by atoms with van der Waals surface area (Å²) in [6.07, 6.45) is 0.635. The van der Waals surface area contributed by atoms with Crippen molar-refractivity contribution in [3.63, 3.8) is 0 Å². The van der Waals surface area contributed by atoms with E-state index in [1.165, 1.54) is 0 Å². The summed E-state index contributed by atoms with van der Waals surface area (Å²) in [5.74, 6) is -0.0989. The summed E-state index contributed by atoms with van der Waals surface area (Å²) < 4.78 is 5.35. The van der Waals surface area contributed by atoms with Crippen LogP contribution in [0.1, 0.15) is 22.5 Å². The number of carbonyl (C=O) groups is 1. The second kappa shape index (κ2) is 7.11. The van der Waals surface area contributed by atoms with Gasteiger partial charge in [-0.2, -0.15) is 0 Å². The van der Waals surface area contributed by atoms with Gasteiger partial charge in [0.05, 0.1) is 35.7 Å². The van der Waals surface area contributed by atoms with Crippen LogP contribution < -0.4 is 0 Å². The first-order valence-electron chi connectivity index (χ1n) is 8.11. The number of amides is 1. The molecule has 0 unspecified atom stereocenters. The Hall–Kier alpha value is -2.24. The van der Waals surface area contributed by atoms with Crippen LogP contribution in [0.5, 0.6) is 0 Å². The van der Waals surface area contributed by atoms with Crippen molar-refractivity contribution in [2.75, 3.05) is 20.3 Å². The molecule has 2 heterocycles. The van der Waals surface area contributed by atoms with Gasteiger partial charge < -0.3 is 14.7 Å². The minimum absolute atomic E-state index is 0.0250. The molecule has 1 fully saturated rings. The van der Waals surface area contributed by atoms with Crippen LogP contribution in [0.25, 0.3) is 11.3 Å². The molecule has 0 spiro atoms. The lowest BCUT2D eigenvalue weighted by molar-refractivity contribution is 0.0646. The van der Waals surface area contributed by atoms with E-state index in [1.807, 2.05) is 49.4 Å². The molecule has 1 saturated heterocycles. The van der Waals surface area contributed by atoms with Gasteiger partial charge in [0, 0.05) is 19.2 Å². The maximum atomic E-state index is 12.9. The van der Waals surface area contributed by atoms with Crippen LogP contribution in [0.15, 0.2) is 42.5 Å². The monoisotopic (exact) mass is 326 g/mol. The van der Waals surface area contributed by atoms with Crippen molar-refractivity contribution in [2.45, 2.75) is 25.5 Å². The van der Waals surface area contributed by atoms with Crippen LogP contribution in [0.4, 0.5) is 0 Å². The van der Waals surface area contributed by atoms with Gasteiger partial charge in [0.1, 0.15) is 0 Å². The van der Waals surface area contributed by atoms with Crippen molar-refractivity contribution >= 4 is 5.91 Å². The van der Waals surface area contributed by atoms with Crippen LogP contribution in [0.2, 0.25) is 0 Å². The fourth-order valence-corrected chi connectivity index (χ4v) is 3.18. The van der Waals surface area contributed by atoms with Crippen molar-refractivity contribution in [1.29, 1.82) is 0 Å². The highest BCUT2D eigenvalue weighted by Gasteiger charge is 2.35. The van der Waals surface area contributed by atoms with Gasteiger partial charge in [-0.3, -0.25) is 9.78 Å². The Bertz CT molecular complexity index is 718. The molecule has 24 heavy (non-hydrogen) atoms. The zero-order valence-corrected chi connectivity index (χ0v) is 14.0. The Morgan fingerprint density at radius 3 is 2.67 bits per heavy atom. The molecule has 5 nitrogen and oxygen atoms in total. The van der Waals surface area contributed by atoms with Crippen molar-refractivity contribution in [1.82, 2.24) is 9.88 Å². The average molecular weight is 326 g/mol. The highest BCUT2D eigenvalue weighted by molar-refractivity contribution is 5.96. The molecule has 0 radical (unpaired) electrons. The molecular formula is C19H22N2O3. The minimum Gasteiger partial charge on any atom is -0.394 e. The zero-order chi connectivity index (χ0) is 17.1. The van der Waals surface area contributed by atoms with E-state index in [0.717, 1.165) is 11.3 Å². The summed E-state index contributed by atoms with van der Waals surface area (Å²) in [4.78, 5) is 19.1. The first-order chi connectivity index (χ1) is 11.6. The Labute approximate surface area is 141 Å². The quantitative estimate of drug-likeness (QED) is 0.936. The van der Waals surface area contributed by atoms with Gasteiger partial charge >= 0.3 is 0 Å². The molecule has 126 valence electrons. The Morgan fingerprint density at radius 2 is 2.04 bits per heavy atom. The molecule has 0 saturated carbocycles. The molecule has 1 aromatic heterocycles. The summed E-state index contributed by atoms with van der Waals surface area (Å²) in [5, 5.41) is 9.54. The van der Waals surface area contributed by atoms with Gasteiger partial charge in [0.2, 0.25) is 0 Å². The third kappa shape index (κ3) is 3.18. The lowest BCUT2D eigenvalue weighted by Crippen LogP contribution is -2.38. The molecule has 3 rings (SSSR count). The number of hydrogen-bond acceptors (Lipinski definition) is 4. The van der Waals surface area contributed by atoms with Gasteiger partial charge in [-0.25, -0.2) is 0 Å². The summed E-state index contributed by atoms with van der Waals surface area (Å²) in [5.41, 5.74) is 3.14. The highest BCUT2D eigenvalue weighted by Crippen LogP contribution is 2.24. The summed E-state index contributed by atoms with van der Waals surface area (Å²) in [6, 6.07) is 13.4. The van der Waals surface area contributed by atoms with Gasteiger partial charge in [-0.15, -0.1) is 0 Å². The summed E-state index contributed by atoms with van der Waals surface area (Å²) in [7, 11) is 1.63. The molecular weight excluding hydrogens is 304 g/mol. The van der Waals surface area contributed by atoms with E-state index < -0.39 is 0 Å². The van der Waals surface area contributed by atoms with Gasteiger partial charge in [-0.05, 0) is 25.5 Å². The second-order valence-electron chi connectivity index (χ2n) is 6.08. The minimum atomic E-state index is -0.198. The number of methoxy groups -OCH3 is 1. The molecule has 1 amide bonds. The first-order valence-corrected chi connectivity index (χ1v) is 8.11. The molecule has 0 aliphatic carbocycles. The van der Waals surface area contributed by atoms with E-state index >= 15 is 0 Å². The highest BCUT2D eigenvalue weighted by atomic mass is 16.5. The predicted molar refractivity (Wildman–Crippen MR) is 91.7 cm³/mol. The normalized spacial score (nSPS) is 20.4. The lowest BCUT2D eigenvalue weighted by Gasteiger charge is -2.23. The average Bonchev–Trinajstić information content (AvgIpc) is 3.05. The van der Waals surface area contributed by atoms with E-state index in [4.69, 9.17) is 4.74 Å². The van der Waals surface area contributed by atoms with Crippen LogP contribution in [0.3, 0.4) is 0 Å². The summed E-state index contributed by atoms with van der Waals surface area (Å²) in [6.45, 7) is 2.29. The molecule has 0 bridgehead atoms. The maximum Gasteiger partial charge on any atom is 0.256 e. The van der Waals surface area contributed by atoms with Crippen LogP contribution in [0, 0.1) is 6.92 Å². The number of rotatable bonds is 4. The molecule has 1 N–H and O–H groups in total. The number of pyridine rings is 1. The van der Waals surface area contributed by atoms with Gasteiger partial charge in [0.25, 0.3) is 5.91 Å². The molecule has 1 aliphatic heterocycles. The van der Waals surface area contributed by atoms with Crippen molar-refractivity contribution in [2.24, 2.45) is 0 Å². The van der Waals surface area contributed by atoms with E-state index in [9.17, 15) is 9.90 Å². The largest absolute Gasteiger partial charge is 0.394 e. The Balaban J connectivity index is 1.86. The lowest BCUT2D eigenvalue weighted by atomic mass is 10.1. The Kier molecular flexibility index (Phi) is 4.92. The number of aromatic nitrogens is 1. The predicted octanol–water partition coefficient (Wildman–Crippen LogP) is 2.28. The van der Waals surface area contributed by atoms with Crippen molar-refractivity contribution in [3.8, 4) is 11.3 Å². The number of benzene rings is 1. The number of hydrogen-bond donors (Lipinski definition) is 1. The SMILES string of the molecule is CO[C@@H]1C[C@@H](CO)N(C(=O)c2ccc(-c3ccccc3)nc2C)C1. The van der Waals surface area contributed by atoms with E-state index in [1.54, 1.807) is 12.0 Å². The maximum absolute atomic E-state index is 12.9. The topological polar surface area (TPSA) is 62.7 Å².